The Kier molecular flexibility index (Phi) is 3.86. The smallest absolute Gasteiger partial charge is 0.289 e. The van der Waals surface area contributed by atoms with Gasteiger partial charge in [-0.2, -0.15) is 0 Å². The number of nitrogens with zero attached hydrogens (tertiary/aromatic N) is 1. The van der Waals surface area contributed by atoms with Gasteiger partial charge < -0.3 is 9.47 Å². The van der Waals surface area contributed by atoms with Gasteiger partial charge in [-0.3, -0.25) is 4.79 Å². The highest BCUT2D eigenvalue weighted by Gasteiger charge is 2.17. The highest BCUT2D eigenvalue weighted by molar-refractivity contribution is 6.61. The lowest BCUT2D eigenvalue weighted by Gasteiger charge is -2.10. The summed E-state index contributed by atoms with van der Waals surface area (Å²) in [5.41, 5.74) is 1.93. The Labute approximate surface area is 132 Å². The number of methoxy groups -OCH3 is 2. The van der Waals surface area contributed by atoms with Crippen molar-refractivity contribution in [2.45, 2.75) is 6.42 Å². The highest BCUT2D eigenvalue weighted by atomic mass is 35.5. The van der Waals surface area contributed by atoms with E-state index < -0.39 is 0 Å². The Morgan fingerprint density at radius 2 is 1.91 bits per heavy atom. The average Bonchev–Trinajstić information content (AvgIpc) is 2.83. The molecule has 1 aliphatic rings. The summed E-state index contributed by atoms with van der Waals surface area (Å²) >= 11 is 6.11. The molecule has 1 heterocycles. The van der Waals surface area contributed by atoms with Crippen LogP contribution in [-0.2, 0) is 11.2 Å². The summed E-state index contributed by atoms with van der Waals surface area (Å²) in [5.74, 6) is 1.08. The van der Waals surface area contributed by atoms with E-state index >= 15 is 0 Å². The van der Waals surface area contributed by atoms with Crippen LogP contribution in [-0.4, -0.2) is 20.1 Å². The van der Waals surface area contributed by atoms with E-state index in [1.54, 1.807) is 20.3 Å². The molecule has 4 nitrogen and oxygen atoms in total. The van der Waals surface area contributed by atoms with Gasteiger partial charge in [-0.05, 0) is 23.3 Å². The van der Waals surface area contributed by atoms with E-state index in [0.717, 1.165) is 22.6 Å². The highest BCUT2D eigenvalue weighted by Crippen LogP contribution is 2.26. The summed E-state index contributed by atoms with van der Waals surface area (Å²) in [7, 11) is 3.23. The van der Waals surface area contributed by atoms with E-state index in [-0.39, 0.29) is 10.9 Å². The van der Waals surface area contributed by atoms with Crippen molar-refractivity contribution in [2.75, 3.05) is 14.2 Å². The third-order valence-electron chi connectivity index (χ3n) is 3.63. The van der Waals surface area contributed by atoms with Crippen molar-refractivity contribution < 1.29 is 14.3 Å². The number of fused-ring (bicyclic) bond motifs is 1. The summed E-state index contributed by atoms with van der Waals surface area (Å²) in [6.07, 6.45) is 0.593. The van der Waals surface area contributed by atoms with Crippen molar-refractivity contribution >= 4 is 22.5 Å². The van der Waals surface area contributed by atoms with E-state index in [0.29, 0.717) is 17.0 Å². The first-order chi connectivity index (χ1) is 10.6. The van der Waals surface area contributed by atoms with Gasteiger partial charge >= 0.3 is 0 Å². The third-order valence-corrected chi connectivity index (χ3v) is 3.98. The number of benzene rings is 2. The summed E-state index contributed by atoms with van der Waals surface area (Å²) in [5, 5.41) is 1.52. The predicted octanol–water partition coefficient (Wildman–Crippen LogP) is 1.80. The largest absolute Gasteiger partial charge is 0.497 e. The average molecular weight is 316 g/mol. The summed E-state index contributed by atoms with van der Waals surface area (Å²) in [6, 6.07) is 11.3. The molecular weight excluding hydrogens is 302 g/mol. The van der Waals surface area contributed by atoms with Crippen LogP contribution in [0.5, 0.6) is 11.5 Å². The molecule has 112 valence electrons. The van der Waals surface area contributed by atoms with Crippen LogP contribution in [0.2, 0.25) is 0 Å². The zero-order valence-corrected chi connectivity index (χ0v) is 13.0. The number of rotatable bonds is 4. The number of carbonyl (C=O) groups excluding carboxylic acids is 1. The normalized spacial score (nSPS) is 12.9. The topological polar surface area (TPSA) is 47.9 Å². The number of ether oxygens (including phenoxy) is 2. The molecule has 0 saturated heterocycles. The molecule has 0 fully saturated rings. The molecule has 22 heavy (non-hydrogen) atoms. The number of hydrogen-bond acceptors (Lipinski definition) is 3. The van der Waals surface area contributed by atoms with E-state index in [9.17, 15) is 4.79 Å². The van der Waals surface area contributed by atoms with Gasteiger partial charge in [-0.25, -0.2) is 4.99 Å². The lowest BCUT2D eigenvalue weighted by atomic mass is 10.0. The van der Waals surface area contributed by atoms with Crippen LogP contribution < -0.4 is 20.0 Å². The molecule has 0 N–H and O–H groups in total. The van der Waals surface area contributed by atoms with Gasteiger partial charge in [0.05, 0.1) is 19.6 Å². The summed E-state index contributed by atoms with van der Waals surface area (Å²) < 4.78 is 10.6. The van der Waals surface area contributed by atoms with Gasteiger partial charge in [-0.1, -0.05) is 29.8 Å². The Hall–Kier alpha value is -2.33. The number of hydrogen-bond donors (Lipinski definition) is 0. The van der Waals surface area contributed by atoms with Gasteiger partial charge in [0, 0.05) is 17.7 Å². The monoisotopic (exact) mass is 315 g/mol. The van der Waals surface area contributed by atoms with Crippen LogP contribution >= 0.6 is 11.6 Å². The predicted molar refractivity (Wildman–Crippen MR) is 83.8 cm³/mol. The molecule has 2 aromatic carbocycles. The van der Waals surface area contributed by atoms with Crippen molar-refractivity contribution in [3.05, 3.63) is 58.1 Å². The summed E-state index contributed by atoms with van der Waals surface area (Å²) in [6.45, 7) is 0. The van der Waals surface area contributed by atoms with Crippen molar-refractivity contribution in [1.82, 2.24) is 0 Å². The molecule has 0 bridgehead atoms. The molecule has 0 unspecified atom stereocenters. The van der Waals surface area contributed by atoms with Gasteiger partial charge in [0.1, 0.15) is 16.5 Å². The van der Waals surface area contributed by atoms with E-state index in [2.05, 4.69) is 4.99 Å². The maximum Gasteiger partial charge on any atom is 0.289 e. The van der Waals surface area contributed by atoms with Crippen molar-refractivity contribution in [2.24, 2.45) is 4.99 Å². The minimum absolute atomic E-state index is 0.179. The molecule has 0 radical (unpaired) electrons. The fourth-order valence-electron chi connectivity index (χ4n) is 2.55. The van der Waals surface area contributed by atoms with Crippen molar-refractivity contribution in [3.8, 4) is 11.5 Å². The standard InChI is InChI=1S/C17H14ClNO3/c1-21-12-7-6-10(14(9-12)22-2)8-11-4-3-5-13-15(11)16(18)17(20)19-13/h3-7,9H,8H2,1-2H3. The van der Waals surface area contributed by atoms with Gasteiger partial charge in [0.15, 0.2) is 0 Å². The maximum absolute atomic E-state index is 11.7. The Morgan fingerprint density at radius 1 is 1.09 bits per heavy atom. The van der Waals surface area contributed by atoms with Gasteiger partial charge in [-0.15, -0.1) is 0 Å². The second kappa shape index (κ2) is 5.81. The Balaban J connectivity index is 2.09. The zero-order valence-electron chi connectivity index (χ0n) is 12.2. The van der Waals surface area contributed by atoms with Crippen molar-refractivity contribution in [1.29, 1.82) is 0 Å². The molecule has 3 rings (SSSR count). The molecule has 0 spiro atoms. The second-order valence-electron chi connectivity index (χ2n) is 4.90. The maximum atomic E-state index is 11.7. The van der Waals surface area contributed by atoms with E-state index in [1.807, 2.05) is 30.3 Å². The van der Waals surface area contributed by atoms with Crippen molar-refractivity contribution in [3.63, 3.8) is 0 Å². The number of amides is 1. The molecule has 0 aromatic heterocycles. The Morgan fingerprint density at radius 3 is 2.64 bits per heavy atom. The minimum atomic E-state index is -0.384. The summed E-state index contributed by atoms with van der Waals surface area (Å²) in [4.78, 5) is 15.6. The third kappa shape index (κ3) is 2.46. The lowest BCUT2D eigenvalue weighted by Crippen LogP contribution is -2.26. The van der Waals surface area contributed by atoms with Crippen LogP contribution in [0.1, 0.15) is 11.1 Å². The van der Waals surface area contributed by atoms with Crippen LogP contribution in [0.25, 0.3) is 5.03 Å². The first-order valence-corrected chi connectivity index (χ1v) is 7.13. The Bertz CT molecular complexity index is 874. The first kappa shape index (κ1) is 14.6. The van der Waals surface area contributed by atoms with Crippen LogP contribution in [0.4, 0.5) is 0 Å². The van der Waals surface area contributed by atoms with Gasteiger partial charge in [0.2, 0.25) is 0 Å². The number of carbonyl (C=O) groups is 1. The number of halogens is 1. The van der Waals surface area contributed by atoms with E-state index in [4.69, 9.17) is 21.1 Å². The fourth-order valence-corrected chi connectivity index (χ4v) is 2.81. The van der Waals surface area contributed by atoms with Crippen LogP contribution in [0, 0.1) is 0 Å². The SMILES string of the molecule is COc1ccc(Cc2cccc3c2=C(Cl)C(=O)N=3)c(OC)c1. The first-order valence-electron chi connectivity index (χ1n) is 6.75. The molecule has 1 aliphatic heterocycles. The zero-order chi connectivity index (χ0) is 15.7. The second-order valence-corrected chi connectivity index (χ2v) is 5.27. The molecule has 5 heteroatoms. The van der Waals surface area contributed by atoms with E-state index in [1.165, 1.54) is 0 Å². The lowest BCUT2D eigenvalue weighted by molar-refractivity contribution is -0.112. The molecule has 0 atom stereocenters. The molecule has 2 aromatic rings. The molecule has 0 aliphatic carbocycles. The minimum Gasteiger partial charge on any atom is -0.497 e. The molecule has 1 amide bonds. The quantitative estimate of drug-likeness (QED) is 0.864. The van der Waals surface area contributed by atoms with Crippen LogP contribution in [0.15, 0.2) is 41.4 Å². The van der Waals surface area contributed by atoms with Gasteiger partial charge in [0.25, 0.3) is 5.91 Å². The molecular formula is C17H14ClNO3. The molecule has 0 saturated carbocycles. The fraction of sp³-hybridized carbons (Fsp3) is 0.176. The van der Waals surface area contributed by atoms with Crippen LogP contribution in [0.3, 0.4) is 0 Å².